The molecular formula is C12H17ClN2O2. The van der Waals surface area contributed by atoms with Crippen molar-refractivity contribution in [2.45, 2.75) is 12.5 Å². The van der Waals surface area contributed by atoms with E-state index in [-0.39, 0.29) is 17.5 Å². The molecular weight excluding hydrogens is 240 g/mol. The average Bonchev–Trinajstić information content (AvgIpc) is 2.66. The van der Waals surface area contributed by atoms with Crippen LogP contribution in [0.5, 0.6) is 11.5 Å². The Hall–Kier alpha value is -0.970. The highest BCUT2D eigenvalue weighted by Crippen LogP contribution is 2.44. The summed E-state index contributed by atoms with van der Waals surface area (Å²) in [5, 5.41) is 19.9. The lowest BCUT2D eigenvalue weighted by molar-refractivity contribution is 0.302. The maximum Gasteiger partial charge on any atom is 0.163 e. The number of phenolic OH excluding ortho intramolecular Hbond substituents is 2. The Labute approximate surface area is 106 Å². The van der Waals surface area contributed by atoms with Gasteiger partial charge in [0.1, 0.15) is 0 Å². The second kappa shape index (κ2) is 4.72. The number of nitrogens with zero attached hydrogens (tertiary/aromatic N) is 1. The number of nitrogens with two attached hydrogens (primary N) is 1. The third kappa shape index (κ3) is 2.20. The maximum atomic E-state index is 9.92. The standard InChI is InChI=1S/C12H17ClN2O2/c1-15-6-7(5-14)4-9(15)11-8(13)2-3-10(16)12(11)17/h2-3,7,9,16-17H,4-6,14H2,1H3. The zero-order valence-electron chi connectivity index (χ0n) is 9.73. The van der Waals surface area contributed by atoms with Gasteiger partial charge in [0.25, 0.3) is 0 Å². The Morgan fingerprint density at radius 2 is 2.18 bits per heavy atom. The molecule has 1 saturated heterocycles. The molecule has 1 aliphatic rings. The van der Waals surface area contributed by atoms with Crippen molar-refractivity contribution in [3.8, 4) is 11.5 Å². The summed E-state index contributed by atoms with van der Waals surface area (Å²) >= 11 is 6.11. The Bertz CT molecular complexity index is 425. The Kier molecular flexibility index (Phi) is 3.47. The lowest BCUT2D eigenvalue weighted by Gasteiger charge is -2.22. The molecule has 94 valence electrons. The molecule has 0 bridgehead atoms. The first-order chi connectivity index (χ1) is 8.04. The number of halogens is 1. The summed E-state index contributed by atoms with van der Waals surface area (Å²) in [6.45, 7) is 1.50. The maximum absolute atomic E-state index is 9.92. The normalized spacial score (nSPS) is 25.4. The quantitative estimate of drug-likeness (QED) is 0.705. The smallest absolute Gasteiger partial charge is 0.163 e. The predicted molar refractivity (Wildman–Crippen MR) is 67.3 cm³/mol. The molecule has 0 aromatic heterocycles. The van der Waals surface area contributed by atoms with Gasteiger partial charge >= 0.3 is 0 Å². The van der Waals surface area contributed by atoms with Crippen LogP contribution in [0.3, 0.4) is 0 Å². The first-order valence-electron chi connectivity index (χ1n) is 5.65. The minimum absolute atomic E-state index is 0.0168. The van der Waals surface area contributed by atoms with Gasteiger partial charge in [-0.05, 0) is 38.1 Å². The molecule has 0 spiro atoms. The van der Waals surface area contributed by atoms with Gasteiger partial charge in [-0.3, -0.25) is 4.90 Å². The molecule has 2 atom stereocenters. The third-order valence-corrected chi connectivity index (χ3v) is 3.77. The summed E-state index contributed by atoms with van der Waals surface area (Å²) in [6, 6.07) is 3.02. The predicted octanol–water partition coefficient (Wildman–Crippen LogP) is 1.70. The molecule has 0 aliphatic carbocycles. The SMILES string of the molecule is CN1CC(CN)CC1c1c(Cl)ccc(O)c1O. The van der Waals surface area contributed by atoms with Crippen molar-refractivity contribution in [1.82, 2.24) is 4.90 Å². The molecule has 1 aliphatic heterocycles. The molecule has 1 aromatic rings. The first-order valence-corrected chi connectivity index (χ1v) is 6.03. The molecule has 5 heteroatoms. The van der Waals surface area contributed by atoms with Gasteiger partial charge < -0.3 is 15.9 Å². The Balaban J connectivity index is 2.37. The summed E-state index contributed by atoms with van der Waals surface area (Å²) in [4.78, 5) is 2.11. The Morgan fingerprint density at radius 3 is 2.76 bits per heavy atom. The van der Waals surface area contributed by atoms with Gasteiger partial charge in [0.2, 0.25) is 0 Å². The van der Waals surface area contributed by atoms with E-state index in [0.29, 0.717) is 23.0 Å². The highest BCUT2D eigenvalue weighted by Gasteiger charge is 2.33. The van der Waals surface area contributed by atoms with Crippen LogP contribution < -0.4 is 5.73 Å². The van der Waals surface area contributed by atoms with Crippen LogP contribution in [0.4, 0.5) is 0 Å². The second-order valence-electron chi connectivity index (χ2n) is 4.62. The van der Waals surface area contributed by atoms with Gasteiger partial charge in [0.15, 0.2) is 11.5 Å². The molecule has 1 fully saturated rings. The molecule has 17 heavy (non-hydrogen) atoms. The Morgan fingerprint density at radius 1 is 1.47 bits per heavy atom. The number of hydrogen-bond acceptors (Lipinski definition) is 4. The van der Waals surface area contributed by atoms with Crippen molar-refractivity contribution in [2.24, 2.45) is 11.7 Å². The molecule has 0 radical (unpaired) electrons. The van der Waals surface area contributed by atoms with E-state index in [4.69, 9.17) is 17.3 Å². The average molecular weight is 257 g/mol. The zero-order valence-corrected chi connectivity index (χ0v) is 10.5. The van der Waals surface area contributed by atoms with E-state index in [2.05, 4.69) is 4.90 Å². The number of hydrogen-bond donors (Lipinski definition) is 3. The van der Waals surface area contributed by atoms with E-state index in [1.807, 2.05) is 7.05 Å². The van der Waals surface area contributed by atoms with Crippen LogP contribution in [0.2, 0.25) is 5.02 Å². The van der Waals surface area contributed by atoms with Crippen LogP contribution in [0.25, 0.3) is 0 Å². The lowest BCUT2D eigenvalue weighted by Crippen LogP contribution is -2.20. The molecule has 0 saturated carbocycles. The first kappa shape index (κ1) is 12.5. The van der Waals surface area contributed by atoms with E-state index < -0.39 is 0 Å². The van der Waals surface area contributed by atoms with Gasteiger partial charge in [-0.15, -0.1) is 0 Å². The summed E-state index contributed by atoms with van der Waals surface area (Å²) in [5.74, 6) is 0.156. The molecule has 1 heterocycles. The van der Waals surface area contributed by atoms with Crippen molar-refractivity contribution in [3.05, 3.63) is 22.7 Å². The number of rotatable bonds is 2. The van der Waals surface area contributed by atoms with Gasteiger partial charge in [-0.2, -0.15) is 0 Å². The van der Waals surface area contributed by atoms with Crippen molar-refractivity contribution in [1.29, 1.82) is 0 Å². The van der Waals surface area contributed by atoms with Crippen molar-refractivity contribution in [2.75, 3.05) is 20.1 Å². The van der Waals surface area contributed by atoms with E-state index in [0.717, 1.165) is 13.0 Å². The number of phenols is 2. The number of aromatic hydroxyl groups is 2. The van der Waals surface area contributed by atoms with Gasteiger partial charge in [-0.25, -0.2) is 0 Å². The van der Waals surface area contributed by atoms with E-state index in [1.165, 1.54) is 6.07 Å². The van der Waals surface area contributed by atoms with Crippen LogP contribution in [-0.2, 0) is 0 Å². The van der Waals surface area contributed by atoms with Crippen LogP contribution in [0.15, 0.2) is 12.1 Å². The van der Waals surface area contributed by atoms with Gasteiger partial charge in [0, 0.05) is 23.2 Å². The number of likely N-dealkylation sites (tertiary alicyclic amines) is 1. The molecule has 2 unspecified atom stereocenters. The van der Waals surface area contributed by atoms with E-state index in [1.54, 1.807) is 6.07 Å². The lowest BCUT2D eigenvalue weighted by atomic mass is 9.98. The van der Waals surface area contributed by atoms with Crippen LogP contribution in [0.1, 0.15) is 18.0 Å². The van der Waals surface area contributed by atoms with Gasteiger partial charge in [-0.1, -0.05) is 11.6 Å². The summed E-state index contributed by atoms with van der Waals surface area (Å²) < 4.78 is 0. The minimum atomic E-state index is -0.131. The second-order valence-corrected chi connectivity index (χ2v) is 5.03. The summed E-state index contributed by atoms with van der Waals surface area (Å²) in [5.41, 5.74) is 6.27. The van der Waals surface area contributed by atoms with Crippen molar-refractivity contribution in [3.63, 3.8) is 0 Å². The van der Waals surface area contributed by atoms with Crippen LogP contribution >= 0.6 is 11.6 Å². The molecule has 4 nitrogen and oxygen atoms in total. The van der Waals surface area contributed by atoms with Crippen LogP contribution in [-0.4, -0.2) is 35.3 Å². The summed E-state index contributed by atoms with van der Waals surface area (Å²) in [7, 11) is 1.97. The fourth-order valence-electron chi connectivity index (χ4n) is 2.50. The van der Waals surface area contributed by atoms with Gasteiger partial charge in [0.05, 0.1) is 0 Å². The summed E-state index contributed by atoms with van der Waals surface area (Å²) in [6.07, 6.45) is 0.851. The topological polar surface area (TPSA) is 69.7 Å². The zero-order chi connectivity index (χ0) is 12.6. The van der Waals surface area contributed by atoms with E-state index >= 15 is 0 Å². The van der Waals surface area contributed by atoms with E-state index in [9.17, 15) is 10.2 Å². The number of benzene rings is 1. The monoisotopic (exact) mass is 256 g/mol. The fourth-order valence-corrected chi connectivity index (χ4v) is 2.78. The molecule has 1 aromatic carbocycles. The largest absolute Gasteiger partial charge is 0.504 e. The third-order valence-electron chi connectivity index (χ3n) is 3.44. The molecule has 4 N–H and O–H groups in total. The highest BCUT2D eigenvalue weighted by atomic mass is 35.5. The highest BCUT2D eigenvalue weighted by molar-refractivity contribution is 6.31. The van der Waals surface area contributed by atoms with Crippen molar-refractivity contribution < 1.29 is 10.2 Å². The molecule has 2 rings (SSSR count). The minimum Gasteiger partial charge on any atom is -0.504 e. The fraction of sp³-hybridized carbons (Fsp3) is 0.500. The van der Waals surface area contributed by atoms with Crippen molar-refractivity contribution >= 4 is 11.6 Å². The van der Waals surface area contributed by atoms with Crippen LogP contribution in [0, 0.1) is 5.92 Å². The molecule has 0 amide bonds.